The molecule has 11 rings (SSSR count). The van der Waals surface area contributed by atoms with Gasteiger partial charge in [0.2, 0.25) is 5.95 Å². The molecule has 0 aliphatic carbocycles. The van der Waals surface area contributed by atoms with E-state index in [1.807, 2.05) is 0 Å². The van der Waals surface area contributed by atoms with Crippen LogP contribution >= 0.6 is 0 Å². The average Bonchev–Trinajstić information content (AvgIpc) is 3.72. The van der Waals surface area contributed by atoms with Crippen LogP contribution < -0.4 is 0 Å². The van der Waals surface area contributed by atoms with E-state index in [0.29, 0.717) is 5.95 Å². The van der Waals surface area contributed by atoms with E-state index in [1.165, 1.54) is 32.3 Å². The van der Waals surface area contributed by atoms with Crippen molar-refractivity contribution in [2.45, 2.75) is 0 Å². The molecule has 11 aromatic rings. The molecule has 0 unspecified atom stereocenters. The highest BCUT2D eigenvalue weighted by atomic mass is 15.2. The van der Waals surface area contributed by atoms with Gasteiger partial charge in [-0.2, -0.15) is 0 Å². The van der Waals surface area contributed by atoms with Crippen LogP contribution in [0.1, 0.15) is 0 Å². The Morgan fingerprint density at radius 3 is 1.79 bits per heavy atom. The molecule has 0 aliphatic heterocycles. The van der Waals surface area contributed by atoms with E-state index in [4.69, 9.17) is 9.97 Å². The van der Waals surface area contributed by atoms with E-state index in [1.54, 1.807) is 0 Å². The lowest BCUT2D eigenvalue weighted by atomic mass is 9.99. The highest BCUT2D eigenvalue weighted by Gasteiger charge is 2.22. The zero-order valence-corrected chi connectivity index (χ0v) is 28.1. The lowest BCUT2D eigenvalue weighted by Gasteiger charge is -2.15. The van der Waals surface area contributed by atoms with Crippen LogP contribution in [0.2, 0.25) is 0 Å². The van der Waals surface area contributed by atoms with Crippen LogP contribution in [0.5, 0.6) is 0 Å². The molecule has 4 heteroatoms. The third kappa shape index (κ3) is 4.28. The minimum absolute atomic E-state index is 0.647. The van der Waals surface area contributed by atoms with E-state index in [0.717, 1.165) is 61.0 Å². The minimum atomic E-state index is 0.647. The van der Waals surface area contributed by atoms with Crippen LogP contribution in [-0.2, 0) is 0 Å². The standard InChI is InChI=1S/C48H30N4/c1-3-14-31(15-4-1)34-26-27-39-42(29-34)49-48(52-44-25-12-10-21-37(44)41-28-32-16-7-8-17-33(32)30-45(41)52)50-46(39)40-23-13-22-38-36-20-9-11-24-43(36)51(47(38)40)35-18-5-2-6-19-35/h1-30H. The summed E-state index contributed by atoms with van der Waals surface area (Å²) in [6, 6.07) is 64.8. The second-order valence-corrected chi connectivity index (χ2v) is 13.4. The van der Waals surface area contributed by atoms with E-state index in [2.05, 4.69) is 191 Å². The number of aromatic nitrogens is 4. The van der Waals surface area contributed by atoms with Crippen molar-refractivity contribution < 1.29 is 0 Å². The van der Waals surface area contributed by atoms with Crippen molar-refractivity contribution in [1.82, 2.24) is 19.1 Å². The molecule has 3 heterocycles. The smallest absolute Gasteiger partial charge is 0.235 e. The molecular formula is C48H30N4. The SMILES string of the molecule is c1ccc(-c2ccc3c(-c4cccc5c6ccccc6n(-c6ccccc6)c45)nc(-n4c5ccccc5c5cc6ccccc6cc54)nc3c2)cc1. The number of nitrogens with zero attached hydrogens (tertiary/aromatic N) is 4. The summed E-state index contributed by atoms with van der Waals surface area (Å²) in [5, 5.41) is 8.17. The molecule has 4 nitrogen and oxygen atoms in total. The van der Waals surface area contributed by atoms with Gasteiger partial charge in [0.25, 0.3) is 0 Å². The summed E-state index contributed by atoms with van der Waals surface area (Å²) in [6.45, 7) is 0. The van der Waals surface area contributed by atoms with E-state index >= 15 is 0 Å². The van der Waals surface area contributed by atoms with Crippen molar-refractivity contribution in [2.24, 2.45) is 0 Å². The van der Waals surface area contributed by atoms with Gasteiger partial charge in [-0.05, 0) is 70.4 Å². The predicted octanol–water partition coefficient (Wildman–Crippen LogP) is 12.3. The maximum Gasteiger partial charge on any atom is 0.235 e. The van der Waals surface area contributed by atoms with E-state index in [9.17, 15) is 0 Å². The molecule has 0 fully saturated rings. The minimum Gasteiger partial charge on any atom is -0.309 e. The van der Waals surface area contributed by atoms with Crippen LogP contribution in [0.25, 0.3) is 99.3 Å². The third-order valence-electron chi connectivity index (χ3n) is 10.5. The Morgan fingerprint density at radius 2 is 1.00 bits per heavy atom. The molecule has 0 atom stereocenters. The molecule has 0 N–H and O–H groups in total. The quantitative estimate of drug-likeness (QED) is 0.188. The molecule has 0 amide bonds. The van der Waals surface area contributed by atoms with Gasteiger partial charge < -0.3 is 4.57 Å². The van der Waals surface area contributed by atoms with Crippen LogP contribution in [0.4, 0.5) is 0 Å². The maximum absolute atomic E-state index is 5.59. The summed E-state index contributed by atoms with van der Waals surface area (Å²) >= 11 is 0. The predicted molar refractivity (Wildman–Crippen MR) is 217 cm³/mol. The highest BCUT2D eigenvalue weighted by Crippen LogP contribution is 2.41. The Morgan fingerprint density at radius 1 is 0.365 bits per heavy atom. The lowest BCUT2D eigenvalue weighted by Crippen LogP contribution is -2.04. The van der Waals surface area contributed by atoms with Crippen molar-refractivity contribution in [2.75, 3.05) is 0 Å². The fourth-order valence-electron chi connectivity index (χ4n) is 8.16. The fourth-order valence-corrected chi connectivity index (χ4v) is 8.16. The van der Waals surface area contributed by atoms with Crippen LogP contribution in [0.15, 0.2) is 182 Å². The van der Waals surface area contributed by atoms with Crippen molar-refractivity contribution in [3.05, 3.63) is 182 Å². The van der Waals surface area contributed by atoms with Crippen LogP contribution in [-0.4, -0.2) is 19.1 Å². The average molecular weight is 663 g/mol. The van der Waals surface area contributed by atoms with Gasteiger partial charge in [0.15, 0.2) is 0 Å². The monoisotopic (exact) mass is 662 g/mol. The van der Waals surface area contributed by atoms with Crippen molar-refractivity contribution in [1.29, 1.82) is 0 Å². The van der Waals surface area contributed by atoms with Crippen LogP contribution in [0, 0.1) is 0 Å². The molecular weight excluding hydrogens is 633 g/mol. The van der Waals surface area contributed by atoms with Crippen molar-refractivity contribution in [3.63, 3.8) is 0 Å². The number of benzene rings is 8. The van der Waals surface area contributed by atoms with Gasteiger partial charge in [-0.3, -0.25) is 4.57 Å². The van der Waals surface area contributed by atoms with Crippen molar-refractivity contribution in [3.8, 4) is 34.0 Å². The molecule has 0 saturated carbocycles. The summed E-state index contributed by atoms with van der Waals surface area (Å²) in [6.07, 6.45) is 0. The molecule has 0 aliphatic rings. The zero-order chi connectivity index (χ0) is 34.2. The Labute approximate surface area is 299 Å². The van der Waals surface area contributed by atoms with E-state index < -0.39 is 0 Å². The fraction of sp³-hybridized carbons (Fsp3) is 0. The Kier molecular flexibility index (Phi) is 6.22. The van der Waals surface area contributed by atoms with Gasteiger partial charge in [0.05, 0.1) is 33.3 Å². The maximum atomic E-state index is 5.59. The summed E-state index contributed by atoms with van der Waals surface area (Å²) in [4.78, 5) is 11.0. The van der Waals surface area contributed by atoms with Gasteiger partial charge in [-0.25, -0.2) is 9.97 Å². The first kappa shape index (κ1) is 28.8. The van der Waals surface area contributed by atoms with Crippen molar-refractivity contribution >= 4 is 65.3 Å². The molecule has 0 saturated heterocycles. The zero-order valence-electron chi connectivity index (χ0n) is 28.1. The van der Waals surface area contributed by atoms with Gasteiger partial charge in [0, 0.05) is 38.2 Å². The Balaban J connectivity index is 1.29. The Hall–Kier alpha value is -7.04. The normalized spacial score (nSPS) is 11.8. The topological polar surface area (TPSA) is 35.6 Å². The summed E-state index contributed by atoms with van der Waals surface area (Å²) in [5.74, 6) is 0.647. The molecule has 52 heavy (non-hydrogen) atoms. The first-order chi connectivity index (χ1) is 25.8. The van der Waals surface area contributed by atoms with Gasteiger partial charge in [-0.15, -0.1) is 0 Å². The highest BCUT2D eigenvalue weighted by molar-refractivity contribution is 6.16. The van der Waals surface area contributed by atoms with Gasteiger partial charge in [-0.1, -0.05) is 133 Å². The largest absolute Gasteiger partial charge is 0.309 e. The number of hydrogen-bond donors (Lipinski definition) is 0. The first-order valence-electron chi connectivity index (χ1n) is 17.7. The number of rotatable bonds is 4. The second-order valence-electron chi connectivity index (χ2n) is 13.4. The third-order valence-corrected chi connectivity index (χ3v) is 10.5. The summed E-state index contributed by atoms with van der Waals surface area (Å²) in [7, 11) is 0. The molecule has 3 aromatic heterocycles. The molecule has 0 spiro atoms. The molecule has 0 bridgehead atoms. The molecule has 0 radical (unpaired) electrons. The molecule has 8 aromatic carbocycles. The number of hydrogen-bond acceptors (Lipinski definition) is 2. The summed E-state index contributed by atoms with van der Waals surface area (Å²) in [5.41, 5.74) is 10.7. The second kappa shape index (κ2) is 11.2. The van der Waals surface area contributed by atoms with Crippen LogP contribution in [0.3, 0.4) is 0 Å². The lowest BCUT2D eigenvalue weighted by molar-refractivity contribution is 1.01. The number of para-hydroxylation sites is 4. The van der Waals surface area contributed by atoms with Gasteiger partial charge in [0.1, 0.15) is 0 Å². The van der Waals surface area contributed by atoms with Gasteiger partial charge >= 0.3 is 0 Å². The summed E-state index contributed by atoms with van der Waals surface area (Å²) < 4.78 is 4.64. The Bertz CT molecular complexity index is 3170. The molecule has 242 valence electrons. The van der Waals surface area contributed by atoms with E-state index in [-0.39, 0.29) is 0 Å². The number of fused-ring (bicyclic) bond motifs is 8. The first-order valence-corrected chi connectivity index (χ1v) is 17.7.